The van der Waals surface area contributed by atoms with Crippen molar-refractivity contribution in [3.05, 3.63) is 125 Å². The fourth-order valence-corrected chi connectivity index (χ4v) is 5.18. The standard InChI is InChI=1S/C34H30F3N3O3/c1-3-39(2)33(43)30(23-9-5-4-6-10-23)38-31(41)25-15-18-29-24(21-25)19-20-40(29)32(42)28-12-8-7-11-27(28)22-13-16-26(17-14-22)34(35,36)37/h4-18,21,30H,3,19-20H2,1-2H3,(H,38,41)/t30-/m0/s1. The topological polar surface area (TPSA) is 69.7 Å². The fraction of sp³-hybridized carbons (Fsp3) is 0.206. The number of likely N-dealkylation sites (N-methyl/N-ethyl adjacent to an activating group) is 1. The highest BCUT2D eigenvalue weighted by Crippen LogP contribution is 2.35. The number of nitrogens with zero attached hydrogens (tertiary/aromatic N) is 2. The van der Waals surface area contributed by atoms with Crippen molar-refractivity contribution in [2.24, 2.45) is 0 Å². The lowest BCUT2D eigenvalue weighted by atomic mass is 9.97. The molecule has 0 fully saturated rings. The lowest BCUT2D eigenvalue weighted by Gasteiger charge is -2.24. The van der Waals surface area contributed by atoms with Gasteiger partial charge in [0.15, 0.2) is 0 Å². The van der Waals surface area contributed by atoms with Crippen LogP contribution in [0.3, 0.4) is 0 Å². The molecule has 4 aromatic carbocycles. The van der Waals surface area contributed by atoms with Gasteiger partial charge in [0.2, 0.25) is 5.91 Å². The summed E-state index contributed by atoms with van der Waals surface area (Å²) in [4.78, 5) is 43.3. The van der Waals surface area contributed by atoms with Crippen LogP contribution in [-0.4, -0.2) is 42.8 Å². The number of amides is 3. The normalized spacial score (nSPS) is 13.3. The molecule has 0 saturated heterocycles. The summed E-state index contributed by atoms with van der Waals surface area (Å²) in [6.45, 7) is 2.73. The first-order valence-electron chi connectivity index (χ1n) is 13.9. The van der Waals surface area contributed by atoms with Crippen molar-refractivity contribution in [2.45, 2.75) is 25.6 Å². The zero-order chi connectivity index (χ0) is 30.7. The molecule has 0 aromatic heterocycles. The van der Waals surface area contributed by atoms with Gasteiger partial charge in [0.05, 0.1) is 5.56 Å². The molecule has 9 heteroatoms. The number of halogens is 3. The summed E-state index contributed by atoms with van der Waals surface area (Å²) in [6.07, 6.45) is -3.93. The Hall–Kier alpha value is -4.92. The predicted molar refractivity (Wildman–Crippen MR) is 159 cm³/mol. The third kappa shape index (κ3) is 6.16. The maximum absolute atomic E-state index is 13.7. The van der Waals surface area contributed by atoms with Gasteiger partial charge in [-0.3, -0.25) is 14.4 Å². The summed E-state index contributed by atoms with van der Waals surface area (Å²) in [5, 5.41) is 2.87. The van der Waals surface area contributed by atoms with Crippen LogP contribution in [0.4, 0.5) is 18.9 Å². The number of hydrogen-bond donors (Lipinski definition) is 1. The molecule has 0 saturated carbocycles. The summed E-state index contributed by atoms with van der Waals surface area (Å²) >= 11 is 0. The van der Waals surface area contributed by atoms with Crippen molar-refractivity contribution in [3.63, 3.8) is 0 Å². The Morgan fingerprint density at radius 2 is 1.58 bits per heavy atom. The molecule has 0 spiro atoms. The molecule has 4 aromatic rings. The summed E-state index contributed by atoms with van der Waals surface area (Å²) in [6, 6.07) is 24.8. The number of rotatable bonds is 7. The molecule has 220 valence electrons. The van der Waals surface area contributed by atoms with Crippen LogP contribution in [0.5, 0.6) is 0 Å². The predicted octanol–water partition coefficient (Wildman–Crippen LogP) is 6.52. The molecule has 0 aliphatic carbocycles. The van der Waals surface area contributed by atoms with Crippen LogP contribution >= 0.6 is 0 Å². The smallest absolute Gasteiger partial charge is 0.344 e. The summed E-state index contributed by atoms with van der Waals surface area (Å²) in [5.74, 6) is -0.928. The van der Waals surface area contributed by atoms with E-state index >= 15 is 0 Å². The fourth-order valence-electron chi connectivity index (χ4n) is 5.18. The van der Waals surface area contributed by atoms with E-state index < -0.39 is 23.7 Å². The van der Waals surface area contributed by atoms with Crippen molar-refractivity contribution >= 4 is 23.4 Å². The van der Waals surface area contributed by atoms with E-state index in [1.165, 1.54) is 12.1 Å². The van der Waals surface area contributed by atoms with E-state index in [0.717, 1.165) is 17.7 Å². The molecule has 1 N–H and O–H groups in total. The second-order valence-corrected chi connectivity index (χ2v) is 10.3. The maximum atomic E-state index is 13.7. The molecule has 6 nitrogen and oxygen atoms in total. The molecular formula is C34H30F3N3O3. The molecule has 1 aliphatic heterocycles. The molecule has 0 unspecified atom stereocenters. The molecule has 1 heterocycles. The minimum absolute atomic E-state index is 0.230. The number of hydrogen-bond acceptors (Lipinski definition) is 3. The van der Waals surface area contributed by atoms with Crippen LogP contribution < -0.4 is 10.2 Å². The van der Waals surface area contributed by atoms with Gasteiger partial charge in [0.1, 0.15) is 6.04 Å². The van der Waals surface area contributed by atoms with Gasteiger partial charge in [0.25, 0.3) is 11.8 Å². The minimum Gasteiger partial charge on any atom is -0.344 e. The molecule has 1 aliphatic rings. The number of fused-ring (bicyclic) bond motifs is 1. The Morgan fingerprint density at radius 3 is 2.26 bits per heavy atom. The van der Waals surface area contributed by atoms with Crippen molar-refractivity contribution in [2.75, 3.05) is 25.0 Å². The highest BCUT2D eigenvalue weighted by molar-refractivity contribution is 6.11. The summed E-state index contributed by atoms with van der Waals surface area (Å²) < 4.78 is 39.2. The number of nitrogens with one attached hydrogen (secondary N) is 1. The van der Waals surface area contributed by atoms with Gasteiger partial charge in [-0.1, -0.05) is 60.7 Å². The Labute approximate surface area is 247 Å². The number of carbonyl (C=O) groups excluding carboxylic acids is 3. The number of carbonyl (C=O) groups is 3. The zero-order valence-electron chi connectivity index (χ0n) is 23.7. The van der Waals surface area contributed by atoms with E-state index in [2.05, 4.69) is 5.32 Å². The van der Waals surface area contributed by atoms with Crippen LogP contribution in [0.25, 0.3) is 11.1 Å². The maximum Gasteiger partial charge on any atom is 0.416 e. The van der Waals surface area contributed by atoms with E-state index in [0.29, 0.717) is 53.0 Å². The molecular weight excluding hydrogens is 555 g/mol. The molecule has 1 atom stereocenters. The number of benzene rings is 4. The lowest BCUT2D eigenvalue weighted by molar-refractivity contribution is -0.137. The first-order chi connectivity index (χ1) is 20.6. The summed E-state index contributed by atoms with van der Waals surface area (Å²) in [7, 11) is 1.68. The average molecular weight is 586 g/mol. The van der Waals surface area contributed by atoms with Crippen molar-refractivity contribution < 1.29 is 27.6 Å². The molecule has 3 amide bonds. The third-order valence-corrected chi connectivity index (χ3v) is 7.67. The molecule has 0 radical (unpaired) electrons. The zero-order valence-corrected chi connectivity index (χ0v) is 23.7. The van der Waals surface area contributed by atoms with Crippen LogP contribution in [0, 0.1) is 0 Å². The van der Waals surface area contributed by atoms with Crippen molar-refractivity contribution in [3.8, 4) is 11.1 Å². The van der Waals surface area contributed by atoms with E-state index in [1.54, 1.807) is 71.4 Å². The Balaban J connectivity index is 1.38. The highest BCUT2D eigenvalue weighted by Gasteiger charge is 2.31. The first-order valence-corrected chi connectivity index (χ1v) is 13.9. The number of anilines is 1. The van der Waals surface area contributed by atoms with E-state index in [9.17, 15) is 27.6 Å². The Morgan fingerprint density at radius 1 is 0.907 bits per heavy atom. The van der Waals surface area contributed by atoms with Gasteiger partial charge in [-0.15, -0.1) is 0 Å². The van der Waals surface area contributed by atoms with Crippen LogP contribution in [0.2, 0.25) is 0 Å². The molecule has 0 bridgehead atoms. The lowest BCUT2D eigenvalue weighted by Crippen LogP contribution is -2.41. The van der Waals surface area contributed by atoms with E-state index in [4.69, 9.17) is 0 Å². The SMILES string of the molecule is CCN(C)C(=O)[C@@H](NC(=O)c1ccc2c(c1)CCN2C(=O)c1ccccc1-c1ccc(C(F)(F)F)cc1)c1ccccc1. The highest BCUT2D eigenvalue weighted by atomic mass is 19.4. The number of alkyl halides is 3. The minimum atomic E-state index is -4.45. The van der Waals surface area contributed by atoms with E-state index in [1.807, 2.05) is 25.1 Å². The quantitative estimate of drug-likeness (QED) is 0.268. The van der Waals surface area contributed by atoms with Gasteiger partial charge >= 0.3 is 6.18 Å². The second kappa shape index (κ2) is 12.1. The Kier molecular flexibility index (Phi) is 8.34. The van der Waals surface area contributed by atoms with Gasteiger partial charge in [0, 0.05) is 37.0 Å². The van der Waals surface area contributed by atoms with Crippen LogP contribution in [-0.2, 0) is 17.4 Å². The van der Waals surface area contributed by atoms with Crippen LogP contribution in [0.15, 0.2) is 97.1 Å². The van der Waals surface area contributed by atoms with Crippen molar-refractivity contribution in [1.29, 1.82) is 0 Å². The summed E-state index contributed by atoms with van der Waals surface area (Å²) in [5.41, 5.74) is 3.13. The van der Waals surface area contributed by atoms with E-state index in [-0.39, 0.29) is 11.8 Å². The Bertz CT molecular complexity index is 1650. The van der Waals surface area contributed by atoms with Crippen LogP contribution in [0.1, 0.15) is 50.4 Å². The largest absolute Gasteiger partial charge is 0.416 e. The second-order valence-electron chi connectivity index (χ2n) is 10.3. The van der Waals surface area contributed by atoms with Gasteiger partial charge in [-0.05, 0) is 72.0 Å². The van der Waals surface area contributed by atoms with Gasteiger partial charge in [-0.25, -0.2) is 0 Å². The molecule has 5 rings (SSSR count). The van der Waals surface area contributed by atoms with Crippen molar-refractivity contribution in [1.82, 2.24) is 10.2 Å². The van der Waals surface area contributed by atoms with Gasteiger partial charge in [-0.2, -0.15) is 13.2 Å². The van der Waals surface area contributed by atoms with Gasteiger partial charge < -0.3 is 15.1 Å². The molecule has 43 heavy (non-hydrogen) atoms. The third-order valence-electron chi connectivity index (χ3n) is 7.67. The first kappa shape index (κ1) is 29.6. The monoisotopic (exact) mass is 585 g/mol. The average Bonchev–Trinajstić information content (AvgIpc) is 3.46.